The summed E-state index contributed by atoms with van der Waals surface area (Å²) in [6.45, 7) is 1.80. The average Bonchev–Trinajstić information content (AvgIpc) is 2.36. The Hall–Kier alpha value is -2.10. The molecule has 0 aliphatic heterocycles. The Balaban J connectivity index is 2.57. The lowest BCUT2D eigenvalue weighted by Gasteiger charge is -2.11. The highest BCUT2D eigenvalue weighted by Crippen LogP contribution is 2.32. The second-order valence-corrected chi connectivity index (χ2v) is 4.29. The molecule has 1 heterocycles. The van der Waals surface area contributed by atoms with E-state index in [0.29, 0.717) is 23.8 Å². The van der Waals surface area contributed by atoms with E-state index < -0.39 is 5.63 Å². The minimum absolute atomic E-state index is 0.0414. The van der Waals surface area contributed by atoms with Gasteiger partial charge in [-0.2, -0.15) is 0 Å². The number of para-hydroxylation sites is 1. The van der Waals surface area contributed by atoms with Crippen LogP contribution >= 0.6 is 0 Å². The van der Waals surface area contributed by atoms with Crippen LogP contribution in [0.25, 0.3) is 11.0 Å². The van der Waals surface area contributed by atoms with Crippen molar-refractivity contribution in [2.24, 2.45) is 0 Å². The highest BCUT2D eigenvalue weighted by atomic mass is 16.4. The number of aromatic hydroxyl groups is 1. The van der Waals surface area contributed by atoms with Gasteiger partial charge in [-0.05, 0) is 24.5 Å². The van der Waals surface area contributed by atoms with E-state index in [1.54, 1.807) is 31.2 Å². The van der Waals surface area contributed by atoms with Crippen molar-refractivity contribution in [3.8, 4) is 5.75 Å². The predicted octanol–water partition coefficient (Wildman–Crippen LogP) is 2.58. The molecule has 2 aromatic rings. The fraction of sp³-hybridized carbons (Fsp3) is 0.286. The number of hydrogen-bond donors (Lipinski definition) is 1. The molecule has 2 rings (SSSR count). The van der Waals surface area contributed by atoms with Gasteiger partial charge in [0.15, 0.2) is 0 Å². The number of benzene rings is 1. The summed E-state index contributed by atoms with van der Waals surface area (Å²) in [5.41, 5.74) is 0.0755. The minimum Gasteiger partial charge on any atom is -0.507 e. The number of fused-ring (bicyclic) bond motifs is 1. The topological polar surface area (TPSA) is 67.5 Å². The zero-order valence-electron chi connectivity index (χ0n) is 10.1. The lowest BCUT2D eigenvalue weighted by Crippen LogP contribution is -2.11. The van der Waals surface area contributed by atoms with Crippen LogP contribution in [0.15, 0.2) is 33.5 Å². The lowest BCUT2D eigenvalue weighted by molar-refractivity contribution is -0.108. The van der Waals surface area contributed by atoms with Gasteiger partial charge in [0.05, 0.1) is 10.9 Å². The summed E-state index contributed by atoms with van der Waals surface area (Å²) in [5.74, 6) is -0.253. The molecule has 0 spiro atoms. The molecule has 0 radical (unpaired) electrons. The molecule has 0 bridgehead atoms. The number of carbonyl (C=O) groups is 1. The first-order valence-corrected chi connectivity index (χ1v) is 5.83. The van der Waals surface area contributed by atoms with E-state index >= 15 is 0 Å². The fourth-order valence-corrected chi connectivity index (χ4v) is 2.04. The molecule has 1 atom stereocenters. The first-order chi connectivity index (χ1) is 8.65. The Bertz CT molecular complexity index is 627. The normalized spacial score (nSPS) is 12.5. The molecule has 0 aliphatic carbocycles. The fourth-order valence-electron chi connectivity index (χ4n) is 2.04. The van der Waals surface area contributed by atoms with Crippen molar-refractivity contribution in [1.29, 1.82) is 0 Å². The van der Waals surface area contributed by atoms with Crippen molar-refractivity contribution in [2.45, 2.75) is 25.7 Å². The van der Waals surface area contributed by atoms with Gasteiger partial charge in [-0.3, -0.25) is 0 Å². The highest BCUT2D eigenvalue weighted by molar-refractivity contribution is 5.84. The Morgan fingerprint density at radius 2 is 2.11 bits per heavy atom. The van der Waals surface area contributed by atoms with Crippen molar-refractivity contribution >= 4 is 17.3 Å². The third kappa shape index (κ3) is 2.14. The molecule has 0 saturated heterocycles. The van der Waals surface area contributed by atoms with Crippen LogP contribution in [0.4, 0.5) is 0 Å². The molecular formula is C14H14O4. The van der Waals surface area contributed by atoms with Crippen molar-refractivity contribution in [2.75, 3.05) is 0 Å². The minimum atomic E-state index is -0.537. The predicted molar refractivity (Wildman–Crippen MR) is 67.9 cm³/mol. The molecule has 1 unspecified atom stereocenters. The van der Waals surface area contributed by atoms with Crippen LogP contribution < -0.4 is 5.63 Å². The molecule has 94 valence electrons. The van der Waals surface area contributed by atoms with Crippen LogP contribution in [0, 0.1) is 0 Å². The summed E-state index contributed by atoms with van der Waals surface area (Å²) >= 11 is 0. The second kappa shape index (κ2) is 5.04. The van der Waals surface area contributed by atoms with E-state index in [1.165, 1.54) is 0 Å². The van der Waals surface area contributed by atoms with Gasteiger partial charge in [0.25, 0.3) is 0 Å². The van der Waals surface area contributed by atoms with Gasteiger partial charge in [0.2, 0.25) is 0 Å². The molecule has 1 N–H and O–H groups in total. The van der Waals surface area contributed by atoms with Crippen molar-refractivity contribution in [3.63, 3.8) is 0 Å². The standard InChI is InChI=1S/C14H14O4/c1-9(5-4-8-15)12-13(16)10-6-2-3-7-11(10)18-14(12)17/h2-3,6-9,16H,4-5H2,1H3. The second-order valence-electron chi connectivity index (χ2n) is 4.29. The summed E-state index contributed by atoms with van der Waals surface area (Å²) in [5, 5.41) is 10.7. The maximum atomic E-state index is 11.8. The smallest absolute Gasteiger partial charge is 0.343 e. The number of carbonyl (C=O) groups excluding carboxylic acids is 1. The molecule has 0 aliphatic rings. The number of aldehydes is 1. The van der Waals surface area contributed by atoms with Gasteiger partial charge >= 0.3 is 5.63 Å². The molecule has 0 saturated carbocycles. The third-order valence-corrected chi connectivity index (χ3v) is 3.03. The largest absolute Gasteiger partial charge is 0.507 e. The van der Waals surface area contributed by atoms with Crippen LogP contribution in [0.3, 0.4) is 0 Å². The average molecular weight is 246 g/mol. The SMILES string of the molecule is CC(CCC=O)c1c(O)c2ccccc2oc1=O. The van der Waals surface area contributed by atoms with Crippen molar-refractivity contribution < 1.29 is 14.3 Å². The quantitative estimate of drug-likeness (QED) is 0.665. The Morgan fingerprint density at radius 3 is 2.83 bits per heavy atom. The van der Waals surface area contributed by atoms with Gasteiger partial charge in [0, 0.05) is 6.42 Å². The molecular weight excluding hydrogens is 232 g/mol. The van der Waals surface area contributed by atoms with Gasteiger partial charge in [-0.1, -0.05) is 19.1 Å². The Kier molecular flexibility index (Phi) is 3.46. The van der Waals surface area contributed by atoms with Gasteiger partial charge in [0.1, 0.15) is 17.6 Å². The van der Waals surface area contributed by atoms with Crippen molar-refractivity contribution in [1.82, 2.24) is 0 Å². The summed E-state index contributed by atoms with van der Waals surface area (Å²) in [7, 11) is 0. The monoisotopic (exact) mass is 246 g/mol. The maximum Gasteiger partial charge on any atom is 0.343 e. The zero-order chi connectivity index (χ0) is 13.1. The molecule has 0 fully saturated rings. The number of hydrogen-bond acceptors (Lipinski definition) is 4. The van der Waals surface area contributed by atoms with Gasteiger partial charge in [-0.25, -0.2) is 4.79 Å². The van der Waals surface area contributed by atoms with Gasteiger partial charge < -0.3 is 14.3 Å². The first-order valence-electron chi connectivity index (χ1n) is 5.83. The molecule has 18 heavy (non-hydrogen) atoms. The lowest BCUT2D eigenvalue weighted by atomic mass is 9.96. The van der Waals surface area contributed by atoms with Crippen LogP contribution in [0.2, 0.25) is 0 Å². The Labute approximate surface area is 104 Å². The van der Waals surface area contributed by atoms with E-state index in [1.807, 2.05) is 0 Å². The van der Waals surface area contributed by atoms with Gasteiger partial charge in [-0.15, -0.1) is 0 Å². The van der Waals surface area contributed by atoms with Crippen LogP contribution in [-0.2, 0) is 4.79 Å². The van der Waals surface area contributed by atoms with E-state index in [9.17, 15) is 14.7 Å². The van der Waals surface area contributed by atoms with E-state index in [-0.39, 0.29) is 17.2 Å². The first kappa shape index (κ1) is 12.4. The zero-order valence-corrected chi connectivity index (χ0v) is 10.1. The third-order valence-electron chi connectivity index (χ3n) is 3.03. The molecule has 1 aromatic heterocycles. The van der Waals surface area contributed by atoms with E-state index in [0.717, 1.165) is 6.29 Å². The summed E-state index contributed by atoms with van der Waals surface area (Å²) in [4.78, 5) is 22.2. The molecule has 4 nitrogen and oxygen atoms in total. The summed E-state index contributed by atoms with van der Waals surface area (Å²) < 4.78 is 5.17. The molecule has 0 amide bonds. The van der Waals surface area contributed by atoms with Crippen LogP contribution in [0.5, 0.6) is 5.75 Å². The maximum absolute atomic E-state index is 11.8. The number of rotatable bonds is 4. The highest BCUT2D eigenvalue weighted by Gasteiger charge is 2.19. The molecule has 1 aromatic carbocycles. The van der Waals surface area contributed by atoms with E-state index in [4.69, 9.17) is 4.42 Å². The van der Waals surface area contributed by atoms with E-state index in [2.05, 4.69) is 0 Å². The summed E-state index contributed by atoms with van der Waals surface area (Å²) in [6, 6.07) is 6.84. The van der Waals surface area contributed by atoms with Crippen molar-refractivity contribution in [3.05, 3.63) is 40.2 Å². The molecule has 4 heteroatoms. The summed E-state index contributed by atoms with van der Waals surface area (Å²) in [6.07, 6.45) is 1.67. The van der Waals surface area contributed by atoms with Crippen LogP contribution in [0.1, 0.15) is 31.2 Å². The van der Waals surface area contributed by atoms with Crippen LogP contribution in [-0.4, -0.2) is 11.4 Å². The Morgan fingerprint density at radius 1 is 1.39 bits per heavy atom.